The highest BCUT2D eigenvalue weighted by molar-refractivity contribution is 7.89. The Kier molecular flexibility index (Phi) is 5.78. The molecule has 0 aliphatic heterocycles. The van der Waals surface area contributed by atoms with E-state index in [4.69, 9.17) is 9.88 Å². The van der Waals surface area contributed by atoms with Gasteiger partial charge in [-0.3, -0.25) is 0 Å². The third kappa shape index (κ3) is 5.56. The molecular formula is C16H19N3O4S. The summed E-state index contributed by atoms with van der Waals surface area (Å²) in [5.41, 5.74) is 1.87. The SMILES string of the molecule is Cc1ccc(OCNC(=O)NCc2ccc(S(N)(=O)=O)cc2)cc1. The summed E-state index contributed by atoms with van der Waals surface area (Å²) >= 11 is 0. The summed E-state index contributed by atoms with van der Waals surface area (Å²) in [6, 6.07) is 13.0. The molecule has 0 unspecified atom stereocenters. The van der Waals surface area contributed by atoms with E-state index in [-0.39, 0.29) is 18.2 Å². The zero-order valence-electron chi connectivity index (χ0n) is 13.2. The quantitative estimate of drug-likeness (QED) is 0.686. The summed E-state index contributed by atoms with van der Waals surface area (Å²) in [7, 11) is -3.71. The first kappa shape index (κ1) is 17.8. The summed E-state index contributed by atoms with van der Waals surface area (Å²) in [5.74, 6) is 0.666. The van der Waals surface area contributed by atoms with Gasteiger partial charge in [0.2, 0.25) is 10.0 Å². The van der Waals surface area contributed by atoms with Crippen molar-refractivity contribution in [3.63, 3.8) is 0 Å². The number of urea groups is 1. The predicted octanol–water partition coefficient (Wildman–Crippen LogP) is 1.48. The molecule has 7 nitrogen and oxygen atoms in total. The smallest absolute Gasteiger partial charge is 0.317 e. The molecule has 0 aliphatic carbocycles. The van der Waals surface area contributed by atoms with Gasteiger partial charge in [0.05, 0.1) is 4.90 Å². The Morgan fingerprint density at radius 1 is 1.04 bits per heavy atom. The Morgan fingerprint density at radius 3 is 2.25 bits per heavy atom. The van der Waals surface area contributed by atoms with Gasteiger partial charge in [-0.05, 0) is 36.8 Å². The van der Waals surface area contributed by atoms with Crippen LogP contribution >= 0.6 is 0 Å². The Labute approximate surface area is 140 Å². The minimum atomic E-state index is -3.71. The molecule has 0 heterocycles. The number of ether oxygens (including phenoxy) is 1. The van der Waals surface area contributed by atoms with E-state index in [1.54, 1.807) is 12.1 Å². The fourth-order valence-electron chi connectivity index (χ4n) is 1.86. The van der Waals surface area contributed by atoms with Crippen LogP contribution in [0.15, 0.2) is 53.4 Å². The van der Waals surface area contributed by atoms with E-state index in [0.717, 1.165) is 11.1 Å². The minimum Gasteiger partial charge on any atom is -0.473 e. The molecule has 8 heteroatoms. The van der Waals surface area contributed by atoms with Crippen LogP contribution in [-0.2, 0) is 16.6 Å². The summed E-state index contributed by atoms with van der Waals surface area (Å²) in [6.07, 6.45) is 0. The molecule has 0 radical (unpaired) electrons. The van der Waals surface area contributed by atoms with Gasteiger partial charge in [-0.25, -0.2) is 18.4 Å². The molecule has 24 heavy (non-hydrogen) atoms. The second-order valence-corrected chi connectivity index (χ2v) is 6.71. The van der Waals surface area contributed by atoms with Gasteiger partial charge in [0.25, 0.3) is 0 Å². The highest BCUT2D eigenvalue weighted by Gasteiger charge is 2.07. The molecule has 2 aromatic rings. The van der Waals surface area contributed by atoms with Crippen molar-refractivity contribution in [2.45, 2.75) is 18.4 Å². The van der Waals surface area contributed by atoms with Crippen molar-refractivity contribution < 1.29 is 17.9 Å². The fourth-order valence-corrected chi connectivity index (χ4v) is 2.38. The number of nitrogens with one attached hydrogen (secondary N) is 2. The van der Waals surface area contributed by atoms with E-state index in [1.807, 2.05) is 31.2 Å². The van der Waals surface area contributed by atoms with Crippen LogP contribution < -0.4 is 20.5 Å². The predicted molar refractivity (Wildman–Crippen MR) is 89.9 cm³/mol. The maximum absolute atomic E-state index is 11.7. The van der Waals surface area contributed by atoms with Crippen molar-refractivity contribution in [1.82, 2.24) is 10.6 Å². The molecular weight excluding hydrogens is 330 g/mol. The fraction of sp³-hybridized carbons (Fsp3) is 0.188. The van der Waals surface area contributed by atoms with Gasteiger partial charge >= 0.3 is 6.03 Å². The summed E-state index contributed by atoms with van der Waals surface area (Å²) in [6.45, 7) is 2.27. The van der Waals surface area contributed by atoms with E-state index >= 15 is 0 Å². The zero-order chi connectivity index (χ0) is 17.6. The third-order valence-corrected chi connectivity index (χ3v) is 4.13. The Bertz CT molecular complexity index is 787. The molecule has 0 atom stereocenters. The normalized spacial score (nSPS) is 10.9. The van der Waals surface area contributed by atoms with Gasteiger partial charge in [-0.2, -0.15) is 0 Å². The maximum atomic E-state index is 11.7. The molecule has 0 spiro atoms. The van der Waals surface area contributed by atoms with Crippen molar-refractivity contribution in [2.75, 3.05) is 6.73 Å². The van der Waals surface area contributed by atoms with Crippen molar-refractivity contribution in [1.29, 1.82) is 0 Å². The van der Waals surface area contributed by atoms with E-state index in [2.05, 4.69) is 10.6 Å². The molecule has 0 aromatic heterocycles. The van der Waals surface area contributed by atoms with Crippen LogP contribution in [0, 0.1) is 6.92 Å². The molecule has 0 aliphatic rings. The Balaban J connectivity index is 1.74. The van der Waals surface area contributed by atoms with Crippen LogP contribution in [0.3, 0.4) is 0 Å². The topological polar surface area (TPSA) is 111 Å². The van der Waals surface area contributed by atoms with Crippen molar-refractivity contribution in [3.05, 3.63) is 59.7 Å². The van der Waals surface area contributed by atoms with E-state index in [9.17, 15) is 13.2 Å². The second kappa shape index (κ2) is 7.80. The maximum Gasteiger partial charge on any atom is 0.317 e. The number of sulfonamides is 1. The van der Waals surface area contributed by atoms with Crippen molar-refractivity contribution in [2.24, 2.45) is 5.14 Å². The Morgan fingerprint density at radius 2 is 1.67 bits per heavy atom. The summed E-state index contributed by atoms with van der Waals surface area (Å²) < 4.78 is 27.7. The lowest BCUT2D eigenvalue weighted by Crippen LogP contribution is -2.37. The number of nitrogens with two attached hydrogens (primary N) is 1. The molecule has 128 valence electrons. The molecule has 0 fully saturated rings. The highest BCUT2D eigenvalue weighted by Crippen LogP contribution is 2.10. The number of aryl methyl sites for hydroxylation is 1. The molecule has 2 aromatic carbocycles. The number of amides is 2. The first-order valence-corrected chi connectivity index (χ1v) is 8.72. The number of benzene rings is 2. The van der Waals surface area contributed by atoms with Crippen molar-refractivity contribution >= 4 is 16.1 Å². The van der Waals surface area contributed by atoms with Gasteiger partial charge in [-0.15, -0.1) is 0 Å². The van der Waals surface area contributed by atoms with E-state index in [1.165, 1.54) is 12.1 Å². The van der Waals surface area contributed by atoms with Gasteiger partial charge in [0, 0.05) is 6.54 Å². The van der Waals surface area contributed by atoms with Crippen LogP contribution in [0.2, 0.25) is 0 Å². The van der Waals surface area contributed by atoms with Gasteiger partial charge < -0.3 is 15.4 Å². The molecule has 0 saturated heterocycles. The standard InChI is InChI=1S/C16H19N3O4S/c1-12-2-6-14(7-3-12)23-11-19-16(20)18-10-13-4-8-15(9-5-13)24(17,21)22/h2-9H,10-11H2,1H3,(H2,17,21,22)(H2,18,19,20). The zero-order valence-corrected chi connectivity index (χ0v) is 14.0. The van der Waals surface area contributed by atoms with Crippen LogP contribution in [0.1, 0.15) is 11.1 Å². The van der Waals surface area contributed by atoms with Crippen molar-refractivity contribution in [3.8, 4) is 5.75 Å². The van der Waals surface area contributed by atoms with Gasteiger partial charge in [0.1, 0.15) is 5.75 Å². The second-order valence-electron chi connectivity index (χ2n) is 5.15. The lowest BCUT2D eigenvalue weighted by molar-refractivity contribution is 0.223. The number of carbonyl (C=O) groups excluding carboxylic acids is 1. The lowest BCUT2D eigenvalue weighted by atomic mass is 10.2. The van der Waals surface area contributed by atoms with Gasteiger partial charge in [0.15, 0.2) is 6.73 Å². The summed E-state index contributed by atoms with van der Waals surface area (Å²) in [4.78, 5) is 11.7. The average Bonchev–Trinajstić information content (AvgIpc) is 2.54. The highest BCUT2D eigenvalue weighted by atomic mass is 32.2. The van der Waals surface area contributed by atoms with Gasteiger partial charge in [-0.1, -0.05) is 29.8 Å². The van der Waals surface area contributed by atoms with E-state index in [0.29, 0.717) is 5.75 Å². The number of carbonyl (C=O) groups is 1. The Hall–Kier alpha value is -2.58. The number of primary sulfonamides is 1. The number of hydrogen-bond donors (Lipinski definition) is 3. The average molecular weight is 349 g/mol. The summed E-state index contributed by atoms with van der Waals surface area (Å²) in [5, 5.41) is 10.2. The molecule has 0 saturated carbocycles. The molecule has 2 rings (SSSR count). The first-order valence-electron chi connectivity index (χ1n) is 7.17. The number of hydrogen-bond acceptors (Lipinski definition) is 4. The molecule has 0 bridgehead atoms. The third-order valence-electron chi connectivity index (χ3n) is 3.20. The monoisotopic (exact) mass is 349 g/mol. The van der Waals surface area contributed by atoms with Crippen LogP contribution in [-0.4, -0.2) is 21.2 Å². The number of rotatable bonds is 6. The lowest BCUT2D eigenvalue weighted by Gasteiger charge is -2.10. The molecule has 4 N–H and O–H groups in total. The van der Waals surface area contributed by atoms with Crippen LogP contribution in [0.4, 0.5) is 4.79 Å². The van der Waals surface area contributed by atoms with Crippen LogP contribution in [0.25, 0.3) is 0 Å². The van der Waals surface area contributed by atoms with E-state index < -0.39 is 16.1 Å². The minimum absolute atomic E-state index is 0.0298. The van der Waals surface area contributed by atoms with Crippen LogP contribution in [0.5, 0.6) is 5.75 Å². The molecule has 2 amide bonds. The first-order chi connectivity index (χ1) is 11.3. The largest absolute Gasteiger partial charge is 0.473 e.